The highest BCUT2D eigenvalue weighted by Gasteiger charge is 2.52. The SMILES string of the molecule is COc1ccc(NC(=O)N2CCC(CO)CN3C(C2)C(c2ccc(Br)cc2)[C@H]3COC(c2ccccc2)(c2ccccc2)c2ccccc2)cc1. The molecule has 2 aliphatic heterocycles. The summed E-state index contributed by atoms with van der Waals surface area (Å²) in [6, 6.07) is 47.2. The fourth-order valence-electron chi connectivity index (χ4n) is 7.87. The summed E-state index contributed by atoms with van der Waals surface area (Å²) in [6.45, 7) is 2.33. The molecule has 4 atom stereocenters. The first-order chi connectivity index (χ1) is 25.0. The van der Waals surface area contributed by atoms with Gasteiger partial charge >= 0.3 is 6.03 Å². The summed E-state index contributed by atoms with van der Waals surface area (Å²) in [5.41, 5.74) is 4.22. The minimum absolute atomic E-state index is 0.00494. The number of hydrogen-bond donors (Lipinski definition) is 2. The van der Waals surface area contributed by atoms with Crippen LogP contribution in [0.2, 0.25) is 0 Å². The molecule has 2 N–H and O–H groups in total. The van der Waals surface area contributed by atoms with Crippen molar-refractivity contribution < 1.29 is 19.4 Å². The van der Waals surface area contributed by atoms with Crippen molar-refractivity contribution in [2.75, 3.05) is 45.3 Å². The molecule has 5 aromatic carbocycles. The Kier molecular flexibility index (Phi) is 10.8. The molecule has 8 heteroatoms. The van der Waals surface area contributed by atoms with Crippen LogP contribution in [0.3, 0.4) is 0 Å². The smallest absolute Gasteiger partial charge is 0.321 e. The van der Waals surface area contributed by atoms with Gasteiger partial charge in [0.25, 0.3) is 0 Å². The van der Waals surface area contributed by atoms with E-state index in [4.69, 9.17) is 9.47 Å². The fraction of sp³-hybridized carbons (Fsp3) is 0.279. The number of rotatable bonds is 10. The number of halogens is 1. The van der Waals surface area contributed by atoms with Gasteiger partial charge in [0.05, 0.1) is 13.7 Å². The van der Waals surface area contributed by atoms with Gasteiger partial charge in [0.2, 0.25) is 0 Å². The average molecular weight is 747 g/mol. The monoisotopic (exact) mass is 745 g/mol. The Bertz CT molecular complexity index is 1760. The molecule has 0 aromatic heterocycles. The van der Waals surface area contributed by atoms with Crippen molar-refractivity contribution in [2.45, 2.75) is 30.0 Å². The molecule has 0 bridgehead atoms. The van der Waals surface area contributed by atoms with Gasteiger partial charge in [0.15, 0.2) is 0 Å². The molecule has 2 aliphatic rings. The van der Waals surface area contributed by atoms with E-state index in [-0.39, 0.29) is 36.6 Å². The van der Waals surface area contributed by atoms with Crippen molar-refractivity contribution in [1.82, 2.24) is 9.80 Å². The first-order valence-corrected chi connectivity index (χ1v) is 18.4. The molecule has 262 valence electrons. The van der Waals surface area contributed by atoms with Gasteiger partial charge in [-0.1, -0.05) is 119 Å². The van der Waals surface area contributed by atoms with Gasteiger partial charge in [-0.2, -0.15) is 0 Å². The maximum atomic E-state index is 13.8. The molecule has 51 heavy (non-hydrogen) atoms. The number of benzene rings is 5. The summed E-state index contributed by atoms with van der Waals surface area (Å²) in [5.74, 6) is 0.836. The zero-order chi connectivity index (χ0) is 35.2. The molecule has 7 rings (SSSR count). The lowest BCUT2D eigenvalue weighted by molar-refractivity contribution is -0.110. The molecule has 5 aromatic rings. The third-order valence-electron chi connectivity index (χ3n) is 10.5. The second-order valence-corrected chi connectivity index (χ2v) is 14.4. The van der Waals surface area contributed by atoms with Crippen LogP contribution in [0.15, 0.2) is 144 Å². The number of nitrogens with one attached hydrogen (secondary N) is 1. The van der Waals surface area contributed by atoms with Crippen LogP contribution in [0.25, 0.3) is 0 Å². The van der Waals surface area contributed by atoms with Crippen LogP contribution in [0.5, 0.6) is 5.75 Å². The summed E-state index contributed by atoms with van der Waals surface area (Å²) >= 11 is 3.63. The van der Waals surface area contributed by atoms with Gasteiger partial charge in [-0.05, 0) is 71.0 Å². The molecule has 2 saturated heterocycles. The Morgan fingerprint density at radius 2 is 1.37 bits per heavy atom. The van der Waals surface area contributed by atoms with E-state index < -0.39 is 5.60 Å². The van der Waals surface area contributed by atoms with Crippen molar-refractivity contribution in [3.05, 3.63) is 166 Å². The summed E-state index contributed by atoms with van der Waals surface area (Å²) in [4.78, 5) is 18.2. The van der Waals surface area contributed by atoms with Crippen molar-refractivity contribution in [3.8, 4) is 5.75 Å². The number of hydrogen-bond acceptors (Lipinski definition) is 5. The molecule has 2 amide bonds. The van der Waals surface area contributed by atoms with Crippen LogP contribution >= 0.6 is 15.9 Å². The maximum absolute atomic E-state index is 13.8. The lowest BCUT2D eigenvalue weighted by Crippen LogP contribution is -2.69. The Balaban J connectivity index is 1.24. The standard InChI is InChI=1S/C43H44BrN3O4/c1-50-38-23-21-37(22-24-38)45-42(49)46-26-25-31(29-48)27-47-39(28-46)41(32-17-19-36(44)20-18-32)40(47)30-51-43(33-11-5-2-6-12-33,34-13-7-3-8-14-34)35-15-9-4-10-16-35/h2-24,31,39-41,48H,25-30H2,1H3,(H,45,49)/t31?,39?,40-,41?/m1/s1. The van der Waals surface area contributed by atoms with Gasteiger partial charge in [0, 0.05) is 54.4 Å². The van der Waals surface area contributed by atoms with Crippen LogP contribution in [-0.4, -0.2) is 73.0 Å². The second kappa shape index (κ2) is 15.8. The minimum Gasteiger partial charge on any atom is -0.497 e. The molecule has 3 unspecified atom stereocenters. The van der Waals surface area contributed by atoms with Gasteiger partial charge in [0.1, 0.15) is 11.4 Å². The number of ether oxygens (including phenoxy) is 2. The van der Waals surface area contributed by atoms with Gasteiger partial charge in [-0.15, -0.1) is 0 Å². The zero-order valence-corrected chi connectivity index (χ0v) is 30.4. The number of aliphatic hydroxyl groups excluding tert-OH is 1. The van der Waals surface area contributed by atoms with E-state index in [1.807, 2.05) is 47.4 Å². The number of nitrogens with zero attached hydrogens (tertiary/aromatic N) is 2. The number of carbonyl (C=O) groups is 1. The second-order valence-electron chi connectivity index (χ2n) is 13.4. The third kappa shape index (κ3) is 7.32. The summed E-state index contributed by atoms with van der Waals surface area (Å²) < 4.78 is 13.7. The molecular formula is C43H44BrN3O4. The van der Waals surface area contributed by atoms with Gasteiger partial charge in [-0.25, -0.2) is 4.79 Å². The number of urea groups is 1. The van der Waals surface area contributed by atoms with E-state index in [9.17, 15) is 9.90 Å². The van der Waals surface area contributed by atoms with Crippen molar-refractivity contribution >= 4 is 27.6 Å². The van der Waals surface area contributed by atoms with E-state index in [1.54, 1.807) is 7.11 Å². The highest BCUT2D eigenvalue weighted by atomic mass is 79.9. The zero-order valence-electron chi connectivity index (χ0n) is 28.8. The largest absolute Gasteiger partial charge is 0.497 e. The van der Waals surface area contributed by atoms with Crippen molar-refractivity contribution in [2.24, 2.45) is 5.92 Å². The molecule has 0 spiro atoms. The number of methoxy groups -OCH3 is 1. The molecule has 7 nitrogen and oxygen atoms in total. The lowest BCUT2D eigenvalue weighted by Gasteiger charge is -2.59. The molecular weight excluding hydrogens is 702 g/mol. The normalized spacial score (nSPS) is 20.7. The highest BCUT2D eigenvalue weighted by molar-refractivity contribution is 9.10. The van der Waals surface area contributed by atoms with Gasteiger partial charge in [-0.3, -0.25) is 4.90 Å². The average Bonchev–Trinajstić information content (AvgIpc) is 3.17. The number of fused-ring (bicyclic) bond motifs is 1. The van der Waals surface area contributed by atoms with E-state index >= 15 is 0 Å². The van der Waals surface area contributed by atoms with Crippen molar-refractivity contribution in [1.29, 1.82) is 0 Å². The molecule has 2 heterocycles. The van der Waals surface area contributed by atoms with Crippen LogP contribution in [-0.2, 0) is 10.3 Å². The van der Waals surface area contributed by atoms with Crippen LogP contribution in [0.4, 0.5) is 10.5 Å². The van der Waals surface area contributed by atoms with E-state index in [2.05, 4.69) is 123 Å². The fourth-order valence-corrected chi connectivity index (χ4v) is 8.13. The minimum atomic E-state index is -0.859. The highest BCUT2D eigenvalue weighted by Crippen LogP contribution is 2.46. The topological polar surface area (TPSA) is 74.3 Å². The molecule has 0 saturated carbocycles. The lowest BCUT2D eigenvalue weighted by atomic mass is 9.73. The quantitative estimate of drug-likeness (QED) is 0.141. The Hall–Kier alpha value is -4.47. The predicted octanol–water partition coefficient (Wildman–Crippen LogP) is 8.15. The summed E-state index contributed by atoms with van der Waals surface area (Å²) in [6.07, 6.45) is 0.703. The molecule has 0 aliphatic carbocycles. The Morgan fingerprint density at radius 1 is 0.804 bits per heavy atom. The summed E-state index contributed by atoms with van der Waals surface area (Å²) in [7, 11) is 1.63. The van der Waals surface area contributed by atoms with Gasteiger partial charge < -0.3 is 24.8 Å². The maximum Gasteiger partial charge on any atom is 0.321 e. The Morgan fingerprint density at radius 3 is 1.90 bits per heavy atom. The number of anilines is 1. The molecule has 0 radical (unpaired) electrons. The van der Waals surface area contributed by atoms with Crippen molar-refractivity contribution in [3.63, 3.8) is 0 Å². The molecule has 2 fully saturated rings. The first kappa shape index (κ1) is 35.0. The van der Waals surface area contributed by atoms with Crippen LogP contribution in [0, 0.1) is 5.92 Å². The first-order valence-electron chi connectivity index (χ1n) is 17.6. The number of aliphatic hydroxyl groups is 1. The third-order valence-corrected chi connectivity index (χ3v) is 11.0. The van der Waals surface area contributed by atoms with Crippen LogP contribution in [0.1, 0.15) is 34.6 Å². The van der Waals surface area contributed by atoms with Crippen LogP contribution < -0.4 is 10.1 Å². The van der Waals surface area contributed by atoms with E-state index in [0.717, 1.165) is 33.5 Å². The Labute approximate surface area is 309 Å². The summed E-state index contributed by atoms with van der Waals surface area (Å²) in [5, 5.41) is 13.7. The number of carbonyl (C=O) groups excluding carboxylic acids is 1. The predicted molar refractivity (Wildman–Crippen MR) is 205 cm³/mol. The van der Waals surface area contributed by atoms with E-state index in [1.165, 1.54) is 5.56 Å². The number of amides is 2. The van der Waals surface area contributed by atoms with E-state index in [0.29, 0.717) is 31.8 Å².